The van der Waals surface area contributed by atoms with E-state index in [1.54, 1.807) is 0 Å². The minimum absolute atomic E-state index is 0.585. The van der Waals surface area contributed by atoms with Crippen LogP contribution in [0.1, 0.15) is 0 Å². The highest BCUT2D eigenvalue weighted by Crippen LogP contribution is 2.42. The first-order valence-corrected chi connectivity index (χ1v) is 18.0. The second-order valence-corrected chi connectivity index (χ2v) is 13.6. The van der Waals surface area contributed by atoms with Gasteiger partial charge in [0, 0.05) is 38.2 Å². The van der Waals surface area contributed by atoms with Gasteiger partial charge in [0.1, 0.15) is 22.3 Å². The molecule has 0 aliphatic rings. The minimum Gasteiger partial charge on any atom is -0.456 e. The van der Waals surface area contributed by atoms with Crippen LogP contribution in [0.15, 0.2) is 185 Å². The maximum Gasteiger partial charge on any atom is 0.164 e. The van der Waals surface area contributed by atoms with Gasteiger partial charge in [0.2, 0.25) is 0 Å². The Balaban J connectivity index is 1.11. The zero-order valence-electron chi connectivity index (χ0n) is 28.9. The number of rotatable bonds is 5. The molecule has 0 aliphatic heterocycles. The molecule has 0 spiro atoms. The summed E-state index contributed by atoms with van der Waals surface area (Å²) in [5.41, 5.74) is 10.5. The Kier molecular flexibility index (Phi) is 6.79. The fourth-order valence-electron chi connectivity index (χ4n) is 7.73. The van der Waals surface area contributed by atoms with Crippen LogP contribution in [0.3, 0.4) is 0 Å². The van der Waals surface area contributed by atoms with Crippen LogP contribution in [0.5, 0.6) is 0 Å². The summed E-state index contributed by atoms with van der Waals surface area (Å²) in [5, 5.41) is 6.41. The quantitative estimate of drug-likeness (QED) is 0.180. The van der Waals surface area contributed by atoms with Crippen molar-refractivity contribution in [1.82, 2.24) is 15.0 Å². The summed E-state index contributed by atoms with van der Waals surface area (Å²) in [4.78, 5) is 15.3. The van der Waals surface area contributed by atoms with Gasteiger partial charge in [0.15, 0.2) is 17.5 Å². The molecule has 8 aromatic carbocycles. The molecule has 0 bridgehead atoms. The van der Waals surface area contributed by atoms with Gasteiger partial charge in [0.05, 0.1) is 0 Å². The summed E-state index contributed by atoms with van der Waals surface area (Å²) in [6.07, 6.45) is 0. The number of hydrogen-bond acceptors (Lipinski definition) is 5. The summed E-state index contributed by atoms with van der Waals surface area (Å²) in [6.45, 7) is 0. The molecule has 0 amide bonds. The van der Waals surface area contributed by atoms with Crippen molar-refractivity contribution in [2.45, 2.75) is 0 Å². The molecular weight excluding hydrogens is 663 g/mol. The number of aromatic nitrogens is 3. The van der Waals surface area contributed by atoms with Crippen molar-refractivity contribution < 1.29 is 8.83 Å². The van der Waals surface area contributed by atoms with Crippen molar-refractivity contribution in [1.29, 1.82) is 0 Å². The van der Waals surface area contributed by atoms with Gasteiger partial charge in [-0.2, -0.15) is 0 Å². The Hall–Kier alpha value is -7.37. The van der Waals surface area contributed by atoms with E-state index in [0.29, 0.717) is 17.5 Å². The molecule has 0 radical (unpaired) electrons. The molecule has 3 aromatic heterocycles. The summed E-state index contributed by atoms with van der Waals surface area (Å²) < 4.78 is 12.9. The van der Waals surface area contributed by atoms with Gasteiger partial charge in [-0.25, -0.2) is 15.0 Å². The van der Waals surface area contributed by atoms with Crippen molar-refractivity contribution in [3.8, 4) is 56.4 Å². The van der Waals surface area contributed by atoms with Crippen LogP contribution in [0.2, 0.25) is 0 Å². The molecule has 252 valence electrons. The molecule has 54 heavy (non-hydrogen) atoms. The number of hydrogen-bond donors (Lipinski definition) is 0. The van der Waals surface area contributed by atoms with Gasteiger partial charge in [-0.3, -0.25) is 0 Å². The van der Waals surface area contributed by atoms with Crippen molar-refractivity contribution in [3.63, 3.8) is 0 Å². The maximum atomic E-state index is 6.50. The number of fused-ring (bicyclic) bond motifs is 7. The highest BCUT2D eigenvalue weighted by Gasteiger charge is 2.20. The molecule has 5 nitrogen and oxygen atoms in total. The molecule has 11 aromatic rings. The molecule has 0 saturated heterocycles. The fourth-order valence-corrected chi connectivity index (χ4v) is 7.73. The van der Waals surface area contributed by atoms with E-state index >= 15 is 0 Å². The van der Waals surface area contributed by atoms with Crippen molar-refractivity contribution in [2.24, 2.45) is 0 Å². The Morgan fingerprint density at radius 1 is 0.296 bits per heavy atom. The third kappa shape index (κ3) is 4.98. The van der Waals surface area contributed by atoms with E-state index in [1.165, 1.54) is 10.9 Å². The second-order valence-electron chi connectivity index (χ2n) is 13.6. The maximum absolute atomic E-state index is 6.50. The monoisotopic (exact) mass is 691 g/mol. The lowest BCUT2D eigenvalue weighted by Crippen LogP contribution is -2.00. The standard InChI is InChI=1S/C49H29N3O2/c1-3-11-30(12-4-1)34-23-25-41-39(28-34)45-37(17-9-19-43(45)53-41)35-24-26-42-40(29-35)46-38(18-10-20-44(46)54-42)49-51-47(32-14-5-2-6-15-32)50-48(52-49)36-22-21-31-13-7-8-16-33(31)27-36/h1-29H. The van der Waals surface area contributed by atoms with Crippen LogP contribution in [-0.2, 0) is 0 Å². The van der Waals surface area contributed by atoms with E-state index in [4.69, 9.17) is 23.8 Å². The van der Waals surface area contributed by atoms with Gasteiger partial charge in [-0.1, -0.05) is 133 Å². The van der Waals surface area contributed by atoms with E-state index in [0.717, 1.165) is 82.6 Å². The topological polar surface area (TPSA) is 65.0 Å². The molecule has 0 atom stereocenters. The highest BCUT2D eigenvalue weighted by molar-refractivity contribution is 6.16. The van der Waals surface area contributed by atoms with Crippen LogP contribution in [0, 0.1) is 0 Å². The van der Waals surface area contributed by atoms with Crippen LogP contribution in [-0.4, -0.2) is 15.0 Å². The van der Waals surface area contributed by atoms with Gasteiger partial charge in [0.25, 0.3) is 0 Å². The van der Waals surface area contributed by atoms with Crippen molar-refractivity contribution in [2.75, 3.05) is 0 Å². The Bertz CT molecular complexity index is 3220. The summed E-state index contributed by atoms with van der Waals surface area (Å²) in [5.74, 6) is 1.81. The third-order valence-corrected chi connectivity index (χ3v) is 10.3. The zero-order chi connectivity index (χ0) is 35.6. The Morgan fingerprint density at radius 2 is 0.833 bits per heavy atom. The predicted molar refractivity (Wildman–Crippen MR) is 219 cm³/mol. The molecule has 0 unspecified atom stereocenters. The van der Waals surface area contributed by atoms with E-state index in [1.807, 2.05) is 54.6 Å². The highest BCUT2D eigenvalue weighted by atomic mass is 16.3. The van der Waals surface area contributed by atoms with Gasteiger partial charge in [-0.05, 0) is 75.5 Å². The first kappa shape index (κ1) is 30.3. The largest absolute Gasteiger partial charge is 0.456 e. The average molecular weight is 692 g/mol. The first-order chi connectivity index (χ1) is 26.7. The fraction of sp³-hybridized carbons (Fsp3) is 0. The normalized spacial score (nSPS) is 11.7. The summed E-state index contributed by atoms with van der Waals surface area (Å²) in [6, 6.07) is 60.5. The number of benzene rings is 8. The predicted octanol–water partition coefficient (Wildman–Crippen LogP) is 13.2. The molecule has 11 rings (SSSR count). The molecule has 5 heteroatoms. The van der Waals surface area contributed by atoms with Crippen LogP contribution in [0.25, 0.3) is 111 Å². The average Bonchev–Trinajstić information content (AvgIpc) is 3.82. The summed E-state index contributed by atoms with van der Waals surface area (Å²) in [7, 11) is 0. The van der Waals surface area contributed by atoms with Gasteiger partial charge < -0.3 is 8.83 Å². The zero-order valence-corrected chi connectivity index (χ0v) is 28.9. The van der Waals surface area contributed by atoms with Gasteiger partial charge >= 0.3 is 0 Å². The number of nitrogens with zero attached hydrogens (tertiary/aromatic N) is 3. The molecule has 0 saturated carbocycles. The van der Waals surface area contributed by atoms with Crippen LogP contribution in [0.4, 0.5) is 0 Å². The smallest absolute Gasteiger partial charge is 0.164 e. The van der Waals surface area contributed by atoms with E-state index in [2.05, 4.69) is 121 Å². The lowest BCUT2D eigenvalue weighted by atomic mass is 9.96. The van der Waals surface area contributed by atoms with E-state index < -0.39 is 0 Å². The summed E-state index contributed by atoms with van der Waals surface area (Å²) >= 11 is 0. The molecule has 0 fully saturated rings. The lowest BCUT2D eigenvalue weighted by molar-refractivity contribution is 0.669. The first-order valence-electron chi connectivity index (χ1n) is 18.0. The Labute approximate surface area is 309 Å². The van der Waals surface area contributed by atoms with E-state index in [9.17, 15) is 0 Å². The number of furan rings is 2. The Morgan fingerprint density at radius 3 is 1.56 bits per heavy atom. The molecular formula is C49H29N3O2. The second kappa shape index (κ2) is 12.1. The molecule has 0 aliphatic carbocycles. The van der Waals surface area contributed by atoms with Crippen LogP contribution < -0.4 is 0 Å². The SMILES string of the molecule is c1ccc(-c2ccc3oc4cccc(-c5ccc6oc7cccc(-c8nc(-c9ccccc9)nc(-c9ccc%10ccccc%10c9)n8)c7c6c5)c4c3c2)cc1. The lowest BCUT2D eigenvalue weighted by Gasteiger charge is -2.10. The van der Waals surface area contributed by atoms with Crippen molar-refractivity contribution in [3.05, 3.63) is 176 Å². The minimum atomic E-state index is 0.585. The van der Waals surface area contributed by atoms with Crippen LogP contribution >= 0.6 is 0 Å². The van der Waals surface area contributed by atoms with Crippen molar-refractivity contribution >= 4 is 54.6 Å². The molecule has 0 N–H and O–H groups in total. The van der Waals surface area contributed by atoms with Gasteiger partial charge in [-0.15, -0.1) is 0 Å². The third-order valence-electron chi connectivity index (χ3n) is 10.3. The van der Waals surface area contributed by atoms with E-state index in [-0.39, 0.29) is 0 Å². The molecule has 3 heterocycles.